The van der Waals surface area contributed by atoms with Gasteiger partial charge in [0.15, 0.2) is 0 Å². The van der Waals surface area contributed by atoms with Gasteiger partial charge in [0.05, 0.1) is 24.2 Å². The average Bonchev–Trinajstić information content (AvgIpc) is 3.04. The number of aryl methyl sites for hydroxylation is 1. The second-order valence-electron chi connectivity index (χ2n) is 14.2. The zero-order chi connectivity index (χ0) is 38.6. The fourth-order valence-corrected chi connectivity index (χ4v) is 5.97. The monoisotopic (exact) mass is 739 g/mol. The SMILES string of the molecule is CC[C@@H](CC(=O)OC(OC(=O)Cc1ccc(OP(=O)(O)O)cc1)C(C)C)c1ccc(N(CC(C)C)CC(C)C)c(NC(=O)Nc2ccc(C)cc2)c1. The van der Waals surface area contributed by atoms with Crippen molar-refractivity contribution < 1.29 is 42.7 Å². The second-order valence-corrected chi connectivity index (χ2v) is 15.4. The molecule has 0 saturated carbocycles. The molecule has 4 N–H and O–H groups in total. The lowest BCUT2D eigenvalue weighted by atomic mass is 9.92. The van der Waals surface area contributed by atoms with Gasteiger partial charge < -0.3 is 29.5 Å². The van der Waals surface area contributed by atoms with Gasteiger partial charge in [-0.15, -0.1) is 0 Å². The first-order valence-corrected chi connectivity index (χ1v) is 19.2. The fourth-order valence-electron chi connectivity index (χ4n) is 5.57. The van der Waals surface area contributed by atoms with Crippen LogP contribution >= 0.6 is 7.82 Å². The largest absolute Gasteiger partial charge is 0.524 e. The number of nitrogens with one attached hydrogen (secondary N) is 2. The number of esters is 2. The molecule has 284 valence electrons. The number of anilines is 3. The Labute approximate surface area is 307 Å². The van der Waals surface area contributed by atoms with Gasteiger partial charge >= 0.3 is 25.8 Å². The lowest BCUT2D eigenvalue weighted by Gasteiger charge is -2.31. The van der Waals surface area contributed by atoms with Gasteiger partial charge in [-0.2, -0.15) is 0 Å². The first-order chi connectivity index (χ1) is 24.4. The molecule has 12 nitrogen and oxygen atoms in total. The topological polar surface area (TPSA) is 164 Å². The van der Waals surface area contributed by atoms with E-state index in [0.29, 0.717) is 35.2 Å². The first-order valence-electron chi connectivity index (χ1n) is 17.7. The number of phosphoric acid groups is 1. The zero-order valence-corrected chi connectivity index (χ0v) is 32.3. The number of hydrogen-bond acceptors (Lipinski definition) is 8. The Bertz CT molecular complexity index is 1660. The Kier molecular flexibility index (Phi) is 15.7. The molecule has 0 aliphatic rings. The highest BCUT2D eigenvalue weighted by atomic mass is 31.2. The first kappa shape index (κ1) is 42.0. The molecule has 13 heteroatoms. The predicted molar refractivity (Wildman–Crippen MR) is 203 cm³/mol. The molecule has 0 aliphatic carbocycles. The van der Waals surface area contributed by atoms with Gasteiger partial charge in [-0.05, 0) is 78.6 Å². The minimum absolute atomic E-state index is 0.0222. The summed E-state index contributed by atoms with van der Waals surface area (Å²) in [5.74, 6) is -1.03. The Balaban J connectivity index is 1.77. The molecule has 0 heterocycles. The molecule has 0 radical (unpaired) electrons. The summed E-state index contributed by atoms with van der Waals surface area (Å²) in [4.78, 5) is 59.6. The van der Waals surface area contributed by atoms with Crippen LogP contribution in [0.4, 0.5) is 21.9 Å². The van der Waals surface area contributed by atoms with Gasteiger partial charge in [0.2, 0.25) is 6.29 Å². The fraction of sp³-hybridized carbons (Fsp3) is 0.462. The van der Waals surface area contributed by atoms with Gasteiger partial charge in [0.25, 0.3) is 0 Å². The number of amides is 2. The molecule has 1 unspecified atom stereocenters. The molecule has 52 heavy (non-hydrogen) atoms. The van der Waals surface area contributed by atoms with Crippen LogP contribution in [0.3, 0.4) is 0 Å². The van der Waals surface area contributed by atoms with Gasteiger partial charge in [0.1, 0.15) is 5.75 Å². The highest BCUT2D eigenvalue weighted by Crippen LogP contribution is 2.37. The molecular weight excluding hydrogens is 685 g/mol. The summed E-state index contributed by atoms with van der Waals surface area (Å²) in [5, 5.41) is 5.98. The molecule has 3 aromatic rings. The van der Waals surface area contributed by atoms with Crippen molar-refractivity contribution in [2.75, 3.05) is 28.6 Å². The number of ether oxygens (including phenoxy) is 2. The molecule has 0 bridgehead atoms. The highest BCUT2D eigenvalue weighted by molar-refractivity contribution is 7.46. The number of benzene rings is 3. The van der Waals surface area contributed by atoms with Crippen LogP contribution in [-0.4, -0.2) is 47.1 Å². The number of carbonyl (C=O) groups is 3. The van der Waals surface area contributed by atoms with Crippen molar-refractivity contribution >= 4 is 42.9 Å². The van der Waals surface area contributed by atoms with E-state index in [1.54, 1.807) is 13.8 Å². The smallest absolute Gasteiger partial charge is 0.425 e. The Hall–Kier alpha value is -4.38. The second kappa shape index (κ2) is 19.5. The van der Waals surface area contributed by atoms with Crippen molar-refractivity contribution in [2.45, 2.75) is 86.9 Å². The van der Waals surface area contributed by atoms with Crippen LogP contribution in [0.1, 0.15) is 83.9 Å². The number of carbonyl (C=O) groups excluding carboxylic acids is 3. The highest BCUT2D eigenvalue weighted by Gasteiger charge is 2.26. The van der Waals surface area contributed by atoms with Gasteiger partial charge in [-0.25, -0.2) is 9.36 Å². The Morgan fingerprint density at radius 2 is 1.40 bits per heavy atom. The van der Waals surface area contributed by atoms with Gasteiger partial charge in [-0.3, -0.25) is 19.4 Å². The maximum Gasteiger partial charge on any atom is 0.524 e. The van der Waals surface area contributed by atoms with Crippen LogP contribution in [0.2, 0.25) is 0 Å². The molecule has 0 aromatic heterocycles. The number of rotatable bonds is 18. The molecule has 0 fully saturated rings. The van der Waals surface area contributed by atoms with E-state index < -0.39 is 26.1 Å². The van der Waals surface area contributed by atoms with Gasteiger partial charge in [-0.1, -0.05) is 84.4 Å². The van der Waals surface area contributed by atoms with Crippen LogP contribution in [-0.2, 0) is 30.0 Å². The quantitative estimate of drug-likeness (QED) is 0.0566. The van der Waals surface area contributed by atoms with E-state index in [0.717, 1.165) is 29.9 Å². The number of nitrogens with zero attached hydrogens (tertiary/aromatic N) is 1. The summed E-state index contributed by atoms with van der Waals surface area (Å²) >= 11 is 0. The van der Waals surface area contributed by atoms with E-state index >= 15 is 0 Å². The van der Waals surface area contributed by atoms with E-state index in [1.165, 1.54) is 24.3 Å². The van der Waals surface area contributed by atoms with E-state index in [-0.39, 0.29) is 36.5 Å². The summed E-state index contributed by atoms with van der Waals surface area (Å²) in [6.07, 6.45) is -0.646. The lowest BCUT2D eigenvalue weighted by molar-refractivity contribution is -0.195. The predicted octanol–water partition coefficient (Wildman–Crippen LogP) is 8.42. The van der Waals surface area contributed by atoms with Crippen LogP contribution in [0.5, 0.6) is 5.75 Å². The van der Waals surface area contributed by atoms with E-state index in [1.807, 2.05) is 56.3 Å². The van der Waals surface area contributed by atoms with Crippen molar-refractivity contribution in [3.05, 3.63) is 83.4 Å². The molecule has 3 rings (SSSR count). The number of phosphoric ester groups is 1. The average molecular weight is 740 g/mol. The third kappa shape index (κ3) is 14.3. The van der Waals surface area contributed by atoms with Crippen molar-refractivity contribution in [3.8, 4) is 5.75 Å². The van der Waals surface area contributed by atoms with Crippen LogP contribution < -0.4 is 20.1 Å². The third-order valence-electron chi connectivity index (χ3n) is 8.00. The molecule has 0 saturated heterocycles. The van der Waals surface area contributed by atoms with Gasteiger partial charge in [0, 0.05) is 24.7 Å². The minimum atomic E-state index is -4.71. The maximum atomic E-state index is 13.3. The van der Waals surface area contributed by atoms with Crippen LogP contribution in [0, 0.1) is 24.7 Å². The molecule has 3 aromatic carbocycles. The van der Waals surface area contributed by atoms with E-state index in [4.69, 9.17) is 19.3 Å². The Morgan fingerprint density at radius 1 is 0.808 bits per heavy atom. The van der Waals surface area contributed by atoms with Crippen molar-refractivity contribution in [2.24, 2.45) is 17.8 Å². The number of hydrogen-bond donors (Lipinski definition) is 4. The van der Waals surface area contributed by atoms with Crippen molar-refractivity contribution in [1.82, 2.24) is 0 Å². The van der Waals surface area contributed by atoms with Crippen LogP contribution in [0.25, 0.3) is 0 Å². The molecule has 0 aliphatic heterocycles. The summed E-state index contributed by atoms with van der Waals surface area (Å²) in [7, 11) is -4.71. The zero-order valence-electron chi connectivity index (χ0n) is 31.4. The maximum absolute atomic E-state index is 13.3. The summed E-state index contributed by atoms with van der Waals surface area (Å²) in [5.41, 5.74) is 4.64. The summed E-state index contributed by atoms with van der Waals surface area (Å²) in [6.45, 7) is 17.7. The minimum Gasteiger partial charge on any atom is -0.425 e. The number of urea groups is 1. The molecule has 2 amide bonds. The van der Waals surface area contributed by atoms with E-state index in [9.17, 15) is 18.9 Å². The normalized spacial score (nSPS) is 12.7. The van der Waals surface area contributed by atoms with Crippen molar-refractivity contribution in [1.29, 1.82) is 0 Å². The summed E-state index contributed by atoms with van der Waals surface area (Å²) < 4.78 is 26.8. The Morgan fingerprint density at radius 3 is 1.94 bits per heavy atom. The van der Waals surface area contributed by atoms with E-state index in [2.05, 4.69) is 47.8 Å². The summed E-state index contributed by atoms with van der Waals surface area (Å²) in [6, 6.07) is 18.7. The molecular formula is C39H54N3O9P. The lowest BCUT2D eigenvalue weighted by Crippen LogP contribution is -2.32. The van der Waals surface area contributed by atoms with Crippen molar-refractivity contribution in [3.63, 3.8) is 0 Å². The standard InChI is InChI=1S/C39H54N3O9P/c1-9-30(22-37(44)50-38(27(6)7)49-36(43)20-29-12-17-33(18-13-29)51-52(46,47)48)31-14-19-35(42(23-25(2)3)24-26(4)5)34(21-31)41-39(45)40-32-15-10-28(8)11-16-32/h10-19,21,25-27,30,38H,9,20,22-24H2,1-8H3,(H2,40,41,45)(H2,46,47,48)/t30-,38?/m0/s1. The third-order valence-corrected chi connectivity index (χ3v) is 8.45. The van der Waals surface area contributed by atoms with Crippen LogP contribution in [0.15, 0.2) is 66.7 Å². The molecule has 2 atom stereocenters. The molecule has 0 spiro atoms.